The van der Waals surface area contributed by atoms with Gasteiger partial charge < -0.3 is 69.3 Å². The Kier molecular flexibility index (Phi) is 8.30. The van der Waals surface area contributed by atoms with E-state index >= 15 is 0 Å². The predicted octanol–water partition coefficient (Wildman–Crippen LogP) is -1.39. The Morgan fingerprint density at radius 3 is 2.12 bits per heavy atom. The third-order valence-corrected chi connectivity index (χ3v) is 7.21. The van der Waals surface area contributed by atoms with E-state index in [4.69, 9.17) is 23.4 Å². The zero-order chi connectivity index (χ0) is 30.5. The highest BCUT2D eigenvalue weighted by Crippen LogP contribution is 2.36. The van der Waals surface area contributed by atoms with E-state index in [2.05, 4.69) is 0 Å². The first-order valence-electron chi connectivity index (χ1n) is 12.9. The zero-order valence-corrected chi connectivity index (χ0v) is 21.9. The minimum Gasteiger partial charge on any atom is -0.508 e. The van der Waals surface area contributed by atoms with Gasteiger partial charge in [0, 0.05) is 17.7 Å². The third-order valence-electron chi connectivity index (χ3n) is 7.21. The SMILES string of the molecule is CC1OC(OCC2OC(Oc3ccc(-c4oc5cc(O)cc(O)c5c(=O)c4O)cc3)C(O)C(O)C2O)C(O)C(O)C1O. The lowest BCUT2D eigenvalue weighted by Crippen LogP contribution is -2.61. The minimum atomic E-state index is -1.73. The fourth-order valence-electron chi connectivity index (χ4n) is 4.78. The van der Waals surface area contributed by atoms with Crippen molar-refractivity contribution in [2.45, 2.75) is 68.3 Å². The molecule has 2 aliphatic heterocycles. The van der Waals surface area contributed by atoms with Gasteiger partial charge in [0.25, 0.3) is 0 Å². The Balaban J connectivity index is 1.30. The molecule has 0 aliphatic carbocycles. The average Bonchev–Trinajstić information content (AvgIpc) is 2.96. The van der Waals surface area contributed by atoms with Crippen LogP contribution in [0.5, 0.6) is 23.0 Å². The van der Waals surface area contributed by atoms with Gasteiger partial charge >= 0.3 is 0 Å². The lowest BCUT2D eigenvalue weighted by Gasteiger charge is -2.42. The van der Waals surface area contributed by atoms with Crippen LogP contribution in [-0.2, 0) is 14.2 Å². The summed E-state index contributed by atoms with van der Waals surface area (Å²) in [4.78, 5) is 12.6. The Morgan fingerprint density at radius 2 is 1.43 bits per heavy atom. The van der Waals surface area contributed by atoms with Crippen LogP contribution in [0.25, 0.3) is 22.3 Å². The number of aliphatic hydroxyl groups is 6. The smallest absolute Gasteiger partial charge is 0.238 e. The molecule has 1 aromatic heterocycles. The molecular weight excluding hydrogens is 564 g/mol. The molecular formula is C27H30O15. The lowest BCUT2D eigenvalue weighted by atomic mass is 9.98. The highest BCUT2D eigenvalue weighted by atomic mass is 16.7. The van der Waals surface area contributed by atoms with Crippen LogP contribution in [0, 0.1) is 0 Å². The molecule has 228 valence electrons. The summed E-state index contributed by atoms with van der Waals surface area (Å²) in [5.41, 5.74) is -0.882. The van der Waals surface area contributed by atoms with Gasteiger partial charge in [-0.1, -0.05) is 0 Å². The number of phenolic OH excluding ortho intramolecular Hbond substituents is 2. The van der Waals surface area contributed by atoms with E-state index in [-0.39, 0.29) is 33.8 Å². The number of ether oxygens (including phenoxy) is 4. The van der Waals surface area contributed by atoms with Crippen molar-refractivity contribution >= 4 is 11.0 Å². The van der Waals surface area contributed by atoms with Crippen LogP contribution in [0.3, 0.4) is 0 Å². The standard InChI is InChI=1S/C27H30O15/c1-9-17(30)20(33)23(36)26(39-9)38-8-15-18(31)21(34)24(37)27(42-15)40-12-4-2-10(3-5-12)25-22(35)19(32)16-13(29)6-11(28)7-14(16)41-25/h2-7,9,15,17-18,20-21,23-24,26-31,33-37H,8H2,1H3. The number of aromatic hydroxyl groups is 3. The van der Waals surface area contributed by atoms with Crippen LogP contribution in [0.15, 0.2) is 45.6 Å². The molecule has 2 aliphatic rings. The zero-order valence-electron chi connectivity index (χ0n) is 21.9. The van der Waals surface area contributed by atoms with Gasteiger partial charge in [0.15, 0.2) is 12.1 Å². The van der Waals surface area contributed by atoms with E-state index in [0.29, 0.717) is 0 Å². The largest absolute Gasteiger partial charge is 0.508 e. The van der Waals surface area contributed by atoms with Crippen LogP contribution in [0.1, 0.15) is 6.92 Å². The monoisotopic (exact) mass is 594 g/mol. The molecule has 0 saturated carbocycles. The average molecular weight is 595 g/mol. The van der Waals surface area contributed by atoms with Crippen molar-refractivity contribution in [2.24, 2.45) is 0 Å². The Bertz CT molecular complexity index is 1470. The maximum atomic E-state index is 12.6. The number of fused-ring (bicyclic) bond motifs is 1. The summed E-state index contributed by atoms with van der Waals surface area (Å²) in [6.07, 6.45) is -14.6. The highest BCUT2D eigenvalue weighted by molar-refractivity contribution is 5.88. The van der Waals surface area contributed by atoms with Gasteiger partial charge in [-0.05, 0) is 31.2 Å². The van der Waals surface area contributed by atoms with Crippen LogP contribution in [-0.4, -0.2) is 114 Å². The number of aliphatic hydroxyl groups excluding tert-OH is 6. The molecule has 2 saturated heterocycles. The van der Waals surface area contributed by atoms with Crippen molar-refractivity contribution in [3.63, 3.8) is 0 Å². The summed E-state index contributed by atoms with van der Waals surface area (Å²) in [6, 6.07) is 7.57. The second kappa shape index (κ2) is 11.6. The second-order valence-corrected chi connectivity index (χ2v) is 10.1. The number of hydrogen-bond acceptors (Lipinski definition) is 15. The fraction of sp³-hybridized carbons (Fsp3) is 0.444. The summed E-state index contributed by atoms with van der Waals surface area (Å²) >= 11 is 0. The number of benzene rings is 2. The molecule has 9 N–H and O–H groups in total. The summed E-state index contributed by atoms with van der Waals surface area (Å²) in [5, 5.41) is 90.9. The molecule has 0 spiro atoms. The maximum Gasteiger partial charge on any atom is 0.238 e. The Hall–Kier alpha value is -3.51. The summed E-state index contributed by atoms with van der Waals surface area (Å²) in [5.74, 6) is -1.88. The van der Waals surface area contributed by atoms with Crippen LogP contribution in [0.4, 0.5) is 0 Å². The van der Waals surface area contributed by atoms with Crippen molar-refractivity contribution in [3.8, 4) is 34.3 Å². The normalized spacial score (nSPS) is 33.5. The van der Waals surface area contributed by atoms with Crippen molar-refractivity contribution < 1.29 is 69.3 Å². The maximum absolute atomic E-state index is 12.6. The molecule has 3 aromatic rings. The van der Waals surface area contributed by atoms with Gasteiger partial charge in [0.2, 0.25) is 17.5 Å². The summed E-state index contributed by atoms with van der Waals surface area (Å²) in [6.45, 7) is 0.995. The van der Waals surface area contributed by atoms with Gasteiger partial charge in [-0.15, -0.1) is 0 Å². The third kappa shape index (κ3) is 5.49. The van der Waals surface area contributed by atoms with Crippen molar-refractivity contribution in [3.05, 3.63) is 46.6 Å². The molecule has 2 fully saturated rings. The molecule has 0 amide bonds. The molecule has 15 heteroatoms. The first-order chi connectivity index (χ1) is 19.9. The van der Waals surface area contributed by atoms with E-state index in [1.807, 2.05) is 0 Å². The molecule has 2 aromatic carbocycles. The van der Waals surface area contributed by atoms with E-state index in [9.17, 15) is 50.8 Å². The highest BCUT2D eigenvalue weighted by Gasteiger charge is 2.47. The van der Waals surface area contributed by atoms with E-state index in [1.165, 1.54) is 31.2 Å². The van der Waals surface area contributed by atoms with Gasteiger partial charge in [-0.2, -0.15) is 0 Å². The molecule has 10 atom stereocenters. The Labute approximate surface area is 236 Å². The first kappa shape index (κ1) is 30.0. The minimum absolute atomic E-state index is 0.0981. The van der Waals surface area contributed by atoms with Gasteiger partial charge in [-0.3, -0.25) is 4.79 Å². The van der Waals surface area contributed by atoms with Gasteiger partial charge in [-0.25, -0.2) is 0 Å². The fourth-order valence-corrected chi connectivity index (χ4v) is 4.78. The summed E-state index contributed by atoms with van der Waals surface area (Å²) < 4.78 is 27.6. The van der Waals surface area contributed by atoms with Gasteiger partial charge in [0.05, 0.1) is 12.7 Å². The number of phenols is 2. The predicted molar refractivity (Wildman–Crippen MR) is 139 cm³/mol. The van der Waals surface area contributed by atoms with E-state index in [1.54, 1.807) is 0 Å². The van der Waals surface area contributed by atoms with E-state index in [0.717, 1.165) is 12.1 Å². The molecule has 0 radical (unpaired) electrons. The molecule has 0 bridgehead atoms. The molecule has 10 unspecified atom stereocenters. The molecule has 3 heterocycles. The number of rotatable bonds is 6. The van der Waals surface area contributed by atoms with Crippen LogP contribution < -0.4 is 10.2 Å². The topological polar surface area (TPSA) is 249 Å². The Morgan fingerprint density at radius 1 is 0.786 bits per heavy atom. The molecule has 5 rings (SSSR count). The molecule has 15 nitrogen and oxygen atoms in total. The van der Waals surface area contributed by atoms with E-state index < -0.39 is 84.9 Å². The van der Waals surface area contributed by atoms with Crippen molar-refractivity contribution in [1.29, 1.82) is 0 Å². The first-order valence-corrected chi connectivity index (χ1v) is 12.9. The second-order valence-electron chi connectivity index (χ2n) is 10.1. The quantitative estimate of drug-likeness (QED) is 0.159. The van der Waals surface area contributed by atoms with Crippen molar-refractivity contribution in [1.82, 2.24) is 0 Å². The van der Waals surface area contributed by atoms with Crippen LogP contribution >= 0.6 is 0 Å². The number of hydrogen-bond donors (Lipinski definition) is 9. The van der Waals surface area contributed by atoms with Crippen molar-refractivity contribution in [2.75, 3.05) is 6.61 Å². The summed E-state index contributed by atoms with van der Waals surface area (Å²) in [7, 11) is 0. The molecule has 42 heavy (non-hydrogen) atoms. The lowest BCUT2D eigenvalue weighted by molar-refractivity contribution is -0.318. The van der Waals surface area contributed by atoms with Gasteiger partial charge in [0.1, 0.15) is 70.9 Å². The van der Waals surface area contributed by atoms with Crippen LogP contribution in [0.2, 0.25) is 0 Å².